The molecule has 0 N–H and O–H groups in total. The van der Waals surface area contributed by atoms with Crippen LogP contribution in [-0.2, 0) is 4.74 Å². The van der Waals surface area contributed by atoms with Gasteiger partial charge in [0.1, 0.15) is 0 Å². The van der Waals surface area contributed by atoms with E-state index < -0.39 is 0 Å². The predicted molar refractivity (Wildman–Crippen MR) is 96.3 cm³/mol. The summed E-state index contributed by atoms with van der Waals surface area (Å²) in [6, 6.07) is 6.62. The second-order valence-electron chi connectivity index (χ2n) is 6.96. The van der Waals surface area contributed by atoms with Crippen LogP contribution in [0.1, 0.15) is 11.1 Å². The largest absolute Gasteiger partial charge is 0.379 e. The molecule has 0 spiro atoms. The molecule has 4 nitrogen and oxygen atoms in total. The molecule has 1 aromatic heterocycles. The number of benzene rings is 1. The minimum Gasteiger partial charge on any atom is -0.379 e. The second-order valence-corrected chi connectivity index (χ2v) is 6.96. The molecule has 3 rings (SSSR count). The van der Waals surface area contributed by atoms with E-state index in [9.17, 15) is 0 Å². The minimum absolute atomic E-state index is 0.529. The average Bonchev–Trinajstić information content (AvgIpc) is 2.71. The molecule has 1 atom stereocenters. The van der Waals surface area contributed by atoms with Gasteiger partial charge in [-0.3, -0.25) is 4.98 Å². The molecule has 1 saturated heterocycles. The summed E-state index contributed by atoms with van der Waals surface area (Å²) >= 11 is 0. The van der Waals surface area contributed by atoms with Crippen molar-refractivity contribution in [2.24, 2.45) is 5.92 Å². The van der Waals surface area contributed by atoms with Crippen LogP contribution < -0.4 is 4.90 Å². The van der Waals surface area contributed by atoms with Crippen molar-refractivity contribution in [3.63, 3.8) is 0 Å². The summed E-state index contributed by atoms with van der Waals surface area (Å²) in [7, 11) is 4.26. The molecular weight excluding hydrogens is 286 g/mol. The maximum absolute atomic E-state index is 5.84. The van der Waals surface area contributed by atoms with E-state index in [1.807, 2.05) is 6.20 Å². The van der Waals surface area contributed by atoms with Crippen LogP contribution >= 0.6 is 0 Å². The minimum atomic E-state index is 0.529. The van der Waals surface area contributed by atoms with Crippen molar-refractivity contribution < 1.29 is 4.74 Å². The average molecular weight is 313 g/mol. The molecule has 0 aliphatic carbocycles. The zero-order valence-corrected chi connectivity index (χ0v) is 14.7. The second kappa shape index (κ2) is 6.85. The summed E-state index contributed by atoms with van der Waals surface area (Å²) in [5.41, 5.74) is 4.94. The van der Waals surface area contributed by atoms with Gasteiger partial charge in [-0.25, -0.2) is 0 Å². The number of pyridine rings is 1. The number of aryl methyl sites for hydroxylation is 2. The summed E-state index contributed by atoms with van der Waals surface area (Å²) in [6.07, 6.45) is 1.94. The SMILES string of the molecule is Cc1cc(C)c2nccc(N3CCOCC(CN(C)C)C3)c2c1. The van der Waals surface area contributed by atoms with Crippen LogP contribution in [0.2, 0.25) is 0 Å². The van der Waals surface area contributed by atoms with Crippen LogP contribution in [0.4, 0.5) is 5.69 Å². The fourth-order valence-electron chi connectivity index (χ4n) is 3.60. The Labute approximate surface area is 139 Å². The lowest BCUT2D eigenvalue weighted by Gasteiger charge is -2.28. The van der Waals surface area contributed by atoms with Gasteiger partial charge in [0.05, 0.1) is 18.7 Å². The first kappa shape index (κ1) is 16.2. The highest BCUT2D eigenvalue weighted by molar-refractivity contribution is 5.94. The van der Waals surface area contributed by atoms with E-state index in [2.05, 4.69) is 60.9 Å². The van der Waals surface area contributed by atoms with Crippen molar-refractivity contribution in [2.75, 3.05) is 51.8 Å². The van der Waals surface area contributed by atoms with E-state index in [1.54, 1.807) is 0 Å². The van der Waals surface area contributed by atoms with Crippen molar-refractivity contribution in [3.8, 4) is 0 Å². The van der Waals surface area contributed by atoms with Crippen molar-refractivity contribution >= 4 is 16.6 Å². The Bertz CT molecular complexity index is 684. The number of anilines is 1. The van der Waals surface area contributed by atoms with E-state index in [0.717, 1.165) is 38.4 Å². The van der Waals surface area contributed by atoms with Crippen molar-refractivity contribution in [2.45, 2.75) is 13.8 Å². The molecule has 1 aliphatic heterocycles. The monoisotopic (exact) mass is 313 g/mol. The first-order valence-electron chi connectivity index (χ1n) is 8.38. The quantitative estimate of drug-likeness (QED) is 0.871. The summed E-state index contributed by atoms with van der Waals surface area (Å²) in [5, 5.41) is 1.26. The molecule has 0 saturated carbocycles. The lowest BCUT2D eigenvalue weighted by molar-refractivity contribution is 0.113. The van der Waals surface area contributed by atoms with Gasteiger partial charge in [0, 0.05) is 42.8 Å². The van der Waals surface area contributed by atoms with Gasteiger partial charge >= 0.3 is 0 Å². The fraction of sp³-hybridized carbons (Fsp3) is 0.526. The van der Waals surface area contributed by atoms with Gasteiger partial charge in [0.15, 0.2) is 0 Å². The predicted octanol–water partition coefficient (Wildman–Crippen LogP) is 2.87. The summed E-state index contributed by atoms with van der Waals surface area (Å²) in [4.78, 5) is 9.32. The Hall–Kier alpha value is -1.65. The molecule has 0 bridgehead atoms. The number of rotatable bonds is 3. The molecule has 2 aromatic rings. The lowest BCUT2D eigenvalue weighted by Crippen LogP contribution is -2.35. The number of hydrogen-bond acceptors (Lipinski definition) is 4. The number of nitrogens with zero attached hydrogens (tertiary/aromatic N) is 3. The maximum atomic E-state index is 5.84. The third-order valence-corrected chi connectivity index (χ3v) is 4.46. The summed E-state index contributed by atoms with van der Waals surface area (Å²) < 4.78 is 5.84. The highest BCUT2D eigenvalue weighted by Gasteiger charge is 2.21. The van der Waals surface area contributed by atoms with Crippen molar-refractivity contribution in [1.82, 2.24) is 9.88 Å². The van der Waals surface area contributed by atoms with Crippen LogP contribution in [0.15, 0.2) is 24.4 Å². The van der Waals surface area contributed by atoms with Crippen LogP contribution in [0.5, 0.6) is 0 Å². The zero-order chi connectivity index (χ0) is 16.4. The number of ether oxygens (including phenoxy) is 1. The van der Waals surface area contributed by atoms with Crippen molar-refractivity contribution in [1.29, 1.82) is 0 Å². The van der Waals surface area contributed by atoms with Crippen LogP contribution in [0, 0.1) is 19.8 Å². The molecule has 0 amide bonds. The highest BCUT2D eigenvalue weighted by Crippen LogP contribution is 2.29. The molecule has 4 heteroatoms. The van der Waals surface area contributed by atoms with E-state index >= 15 is 0 Å². The molecule has 1 aliphatic rings. The first-order chi connectivity index (χ1) is 11.0. The Morgan fingerprint density at radius 2 is 2.13 bits per heavy atom. The van der Waals surface area contributed by atoms with Crippen LogP contribution in [-0.4, -0.2) is 56.8 Å². The lowest BCUT2D eigenvalue weighted by atomic mass is 10.0. The summed E-state index contributed by atoms with van der Waals surface area (Å²) in [6.45, 7) is 8.96. The maximum Gasteiger partial charge on any atom is 0.0752 e. The Balaban J connectivity index is 1.98. The third-order valence-electron chi connectivity index (χ3n) is 4.46. The number of hydrogen-bond donors (Lipinski definition) is 0. The van der Waals surface area contributed by atoms with Gasteiger partial charge in [-0.15, -0.1) is 0 Å². The molecular formula is C19H27N3O. The van der Waals surface area contributed by atoms with Crippen LogP contribution in [0.3, 0.4) is 0 Å². The summed E-state index contributed by atoms with van der Waals surface area (Å²) in [5.74, 6) is 0.529. The van der Waals surface area contributed by atoms with Gasteiger partial charge < -0.3 is 14.5 Å². The fourth-order valence-corrected chi connectivity index (χ4v) is 3.60. The van der Waals surface area contributed by atoms with Crippen LogP contribution in [0.25, 0.3) is 10.9 Å². The molecule has 23 heavy (non-hydrogen) atoms. The highest BCUT2D eigenvalue weighted by atomic mass is 16.5. The Morgan fingerprint density at radius 3 is 2.91 bits per heavy atom. The molecule has 1 fully saturated rings. The van der Waals surface area contributed by atoms with Gasteiger partial charge in [-0.2, -0.15) is 0 Å². The van der Waals surface area contributed by atoms with Gasteiger partial charge in [0.25, 0.3) is 0 Å². The molecule has 1 aromatic carbocycles. The molecule has 124 valence electrons. The third kappa shape index (κ3) is 3.65. The molecule has 0 radical (unpaired) electrons. The van der Waals surface area contributed by atoms with E-state index in [-0.39, 0.29) is 0 Å². The van der Waals surface area contributed by atoms with E-state index in [1.165, 1.54) is 22.2 Å². The van der Waals surface area contributed by atoms with Crippen molar-refractivity contribution in [3.05, 3.63) is 35.5 Å². The van der Waals surface area contributed by atoms with Gasteiger partial charge in [-0.1, -0.05) is 11.6 Å². The smallest absolute Gasteiger partial charge is 0.0752 e. The van der Waals surface area contributed by atoms with E-state index in [4.69, 9.17) is 4.74 Å². The Kier molecular flexibility index (Phi) is 4.83. The molecule has 1 unspecified atom stereocenters. The zero-order valence-electron chi connectivity index (χ0n) is 14.7. The van der Waals surface area contributed by atoms with E-state index in [0.29, 0.717) is 5.92 Å². The number of aromatic nitrogens is 1. The number of fused-ring (bicyclic) bond motifs is 1. The molecule has 2 heterocycles. The van der Waals surface area contributed by atoms with Gasteiger partial charge in [-0.05, 0) is 45.6 Å². The Morgan fingerprint density at radius 1 is 1.30 bits per heavy atom. The van der Waals surface area contributed by atoms with Gasteiger partial charge in [0.2, 0.25) is 0 Å². The standard InChI is InChI=1S/C19H27N3O/c1-14-9-15(2)19-17(10-14)18(5-6-20-19)22-7-8-23-13-16(12-22)11-21(3)4/h5-6,9-10,16H,7-8,11-13H2,1-4H3. The first-order valence-corrected chi connectivity index (χ1v) is 8.38. The topological polar surface area (TPSA) is 28.6 Å². The normalized spacial score (nSPS) is 19.3.